The van der Waals surface area contributed by atoms with Crippen molar-refractivity contribution in [2.75, 3.05) is 19.0 Å². The first-order valence-corrected chi connectivity index (χ1v) is 48.5. The van der Waals surface area contributed by atoms with E-state index in [4.69, 9.17) is 40.1 Å². The van der Waals surface area contributed by atoms with E-state index in [1.165, 1.54) is 32.0 Å². The first kappa shape index (κ1) is 126. The van der Waals surface area contributed by atoms with E-state index < -0.39 is 12.1 Å². The maximum Gasteiger partial charge on any atom is 0.470 e. The van der Waals surface area contributed by atoms with Gasteiger partial charge in [0.1, 0.15) is 11.4 Å². The number of aromatic nitrogens is 24. The molecule has 37 nitrogen and oxygen atoms in total. The third kappa shape index (κ3) is 63.3. The zero-order valence-corrected chi connectivity index (χ0v) is 94.4. The Morgan fingerprint density at radius 2 is 0.797 bits per heavy atom. The Balaban J connectivity index is 0.000000402. The van der Waals surface area contributed by atoms with Gasteiger partial charge in [-0.15, -0.1) is 66.3 Å². The first-order chi connectivity index (χ1) is 65.2. The lowest BCUT2D eigenvalue weighted by Crippen LogP contribution is -2.10. The average Bonchev–Trinajstić information content (AvgIpc) is 1.68. The van der Waals surface area contributed by atoms with Gasteiger partial charge in [-0.3, -0.25) is 0 Å². The van der Waals surface area contributed by atoms with Crippen LogP contribution in [-0.4, -0.2) is 136 Å². The highest BCUT2D eigenvalue weighted by Gasteiger charge is 2.39. The van der Waals surface area contributed by atoms with Crippen LogP contribution in [0.4, 0.5) is 19.2 Å². The summed E-state index contributed by atoms with van der Waals surface area (Å²) < 4.78 is 96.8. The Bertz CT molecular complexity index is 5170. The number of hydrogen-bond acceptors (Lipinski definition) is 37. The van der Waals surface area contributed by atoms with Gasteiger partial charge in [0.15, 0.2) is 23.8 Å². The summed E-state index contributed by atoms with van der Waals surface area (Å²) in [6.45, 7) is 88.1. The summed E-state index contributed by atoms with van der Waals surface area (Å²) in [5.41, 5.74) is 5.09. The molecule has 0 saturated heterocycles. The topological polar surface area (TPSA) is 470 Å². The smallest absolute Gasteiger partial charge is 0.428 e. The van der Waals surface area contributed by atoms with Crippen LogP contribution in [0.5, 0.6) is 0 Å². The highest BCUT2D eigenvalue weighted by molar-refractivity contribution is 5.51. The second-order valence-electron chi connectivity index (χ2n) is 50.6. The molecule has 1 aliphatic rings. The Morgan fingerprint density at radius 3 is 1.18 bits per heavy atom. The van der Waals surface area contributed by atoms with Crippen molar-refractivity contribution in [3.63, 3.8) is 0 Å². The second kappa shape index (κ2) is 55.0. The lowest BCUT2D eigenvalue weighted by atomic mass is 9.90. The van der Waals surface area contributed by atoms with E-state index in [1.54, 1.807) is 18.7 Å². The van der Waals surface area contributed by atoms with Gasteiger partial charge in [-0.05, 0) is 110 Å². The molecule has 0 atom stereocenters. The average molecular weight is 2010 g/mol. The van der Waals surface area contributed by atoms with Crippen LogP contribution in [0.15, 0.2) is 103 Å². The second-order valence-corrected chi connectivity index (χ2v) is 50.6. The van der Waals surface area contributed by atoms with Crippen molar-refractivity contribution in [3.8, 4) is 11.5 Å². The maximum absolute atomic E-state index is 12.0. The molecule has 800 valence electrons. The zero-order chi connectivity index (χ0) is 109. The number of alkyl halides is 3. The van der Waals surface area contributed by atoms with Crippen LogP contribution in [-0.2, 0) is 83.2 Å². The Hall–Kier alpha value is -11.5. The zero-order valence-electron chi connectivity index (χ0n) is 94.4. The summed E-state index contributed by atoms with van der Waals surface area (Å²) in [5.74, 6) is 11.2. The molecule has 0 unspecified atom stereocenters. The number of benzene rings is 1. The van der Waals surface area contributed by atoms with Crippen molar-refractivity contribution in [3.05, 3.63) is 161 Å². The Kier molecular flexibility index (Phi) is 48.3. The standard InChI is InChI=1S/C13H16N2O.C10H16N2O.C10H18N2O.C9H17N3O.C8H11F3N2O.4C8H14N2O.3C7H12N2O/c1-13(2,3)9-11-14-15-12(16-11)10-7-5-4-6-8-10;1-10(2,3)6-8-11-12-9(13-8)7-4-5-7;1-7(2)9-12-11-8(13-9)6-10(3,4)5;1-9(2,3)6-7-10-11-8(13-7)12(4)5;1-7(2,3)4-5-12-13-6(14-5)8(9,10)11;1-6-9-10-7(11-6)5-8(2,3)4;1-6-9-7(10-11-6)5-8(2,3)4;1-6-9-7(11-10-6)5-8(2,3)4;1-6-7(10-11-9-6)5-8(2,3)4;1-7(2,3)4-6-9-8-5-10-6;1-7(2,3)4-6-8-5-10-9-6;1-7(2,3)4-6-8-5-9-10-6/h4-8H,9H2,1-3H3;7H,4-6H2,1-3H3;7H,6H2,1-5H3;6H2,1-5H3;4H2,1-3H3;4*5H2,1-4H3;3*5H,4H2,1-3H3. The predicted octanol–water partition coefficient (Wildman–Crippen LogP) is 25.9. The van der Waals surface area contributed by atoms with Gasteiger partial charge < -0.3 is 53.9 Å². The van der Waals surface area contributed by atoms with Gasteiger partial charge in [-0.1, -0.05) is 317 Å². The van der Waals surface area contributed by atoms with Crippen LogP contribution in [0, 0.1) is 92.7 Å². The largest absolute Gasteiger partial charge is 0.470 e. The number of aryl methyl sites for hydroxylation is 4. The molecule has 1 fully saturated rings. The molecule has 12 heterocycles. The van der Waals surface area contributed by atoms with Gasteiger partial charge >= 0.3 is 18.1 Å². The van der Waals surface area contributed by atoms with Crippen molar-refractivity contribution in [2.45, 2.75) is 399 Å². The number of halogens is 3. The monoisotopic (exact) mass is 2010 g/mol. The maximum atomic E-state index is 12.0. The lowest BCUT2D eigenvalue weighted by Gasteiger charge is -2.15. The molecule has 0 radical (unpaired) electrons. The summed E-state index contributed by atoms with van der Waals surface area (Å²) in [5, 5.41) is 75.7. The molecule has 13 aromatic rings. The normalized spacial score (nSPS) is 12.6. The fraction of sp³-hybridized carbons (Fsp3) is 0.709. The van der Waals surface area contributed by atoms with Crippen LogP contribution in [0.25, 0.3) is 11.5 Å². The number of anilines is 1. The number of nitrogens with zero attached hydrogens (tertiary/aromatic N) is 25. The first-order valence-electron chi connectivity index (χ1n) is 48.5. The van der Waals surface area contributed by atoms with Crippen molar-refractivity contribution >= 4 is 6.01 Å². The van der Waals surface area contributed by atoms with E-state index in [9.17, 15) is 13.2 Å². The highest BCUT2D eigenvalue weighted by Crippen LogP contribution is 2.40. The molecule has 1 saturated carbocycles. The molecule has 0 N–H and O–H groups in total. The summed E-state index contributed by atoms with van der Waals surface area (Å²) in [4.78, 5) is 17.9. The molecule has 143 heavy (non-hydrogen) atoms. The van der Waals surface area contributed by atoms with E-state index in [2.05, 4.69) is 364 Å². The quantitative estimate of drug-likeness (QED) is 0.0867. The van der Waals surface area contributed by atoms with E-state index in [1.807, 2.05) is 92.9 Å². The molecule has 0 amide bonds. The van der Waals surface area contributed by atoms with Gasteiger partial charge in [0.05, 0.1) is 0 Å². The van der Waals surface area contributed by atoms with Gasteiger partial charge in [0, 0.05) is 116 Å². The SMILES string of the molecule is CC(C)(C)Cc1ncno1.CC(C)(C)Cc1ncon1.CC(C)(C)Cc1nnc(-c2ccccc2)o1.CC(C)(C)Cc1nnc(C(F)(F)F)o1.CC(C)(C)Cc1nnc(C2CC2)o1.CC(C)(C)Cc1nnco1.CC(C)c1nnc(CC(C)(C)C)o1.CN(C)c1nnc(CC(C)(C)C)o1.Cc1nc(CC(C)(C)C)no1.Cc1nnc(CC(C)(C)C)o1.Cc1noc(CC(C)(C)C)n1.Cc1nonc1CC(C)(C)C. The molecule has 0 spiro atoms. The minimum Gasteiger partial charge on any atom is -0.428 e. The van der Waals surface area contributed by atoms with Crippen LogP contribution in [0.3, 0.4) is 0 Å². The summed E-state index contributed by atoms with van der Waals surface area (Å²) in [6, 6.07) is 10.4. The van der Waals surface area contributed by atoms with Crippen LogP contribution < -0.4 is 4.90 Å². The fourth-order valence-electron chi connectivity index (χ4n) is 11.4. The van der Waals surface area contributed by atoms with Crippen LogP contribution in [0.2, 0.25) is 0 Å². The summed E-state index contributed by atoms with van der Waals surface area (Å²) >= 11 is 0. The van der Waals surface area contributed by atoms with E-state index in [0.717, 1.165) is 135 Å². The van der Waals surface area contributed by atoms with E-state index in [0.29, 0.717) is 71.3 Å². The summed E-state index contributed by atoms with van der Waals surface area (Å²) in [6.07, 6.45) is 11.7. The van der Waals surface area contributed by atoms with Gasteiger partial charge in [-0.2, -0.15) is 33.1 Å². The minimum absolute atomic E-state index is 0.0184. The third-order valence-electron chi connectivity index (χ3n) is 17.3. The molecule has 40 heteroatoms. The van der Waals surface area contributed by atoms with E-state index in [-0.39, 0.29) is 70.9 Å². The summed E-state index contributed by atoms with van der Waals surface area (Å²) in [7, 11) is 3.77. The van der Waals surface area contributed by atoms with Crippen molar-refractivity contribution in [1.82, 2.24) is 122 Å². The Morgan fingerprint density at radius 1 is 0.357 bits per heavy atom. The molecular weight excluding hydrogens is 1840 g/mol. The third-order valence-corrected chi connectivity index (χ3v) is 17.3. The Labute approximate surface area is 845 Å². The van der Waals surface area contributed by atoms with Gasteiger partial charge in [0.25, 0.3) is 0 Å². The fourth-order valence-corrected chi connectivity index (χ4v) is 11.4. The minimum atomic E-state index is -4.55. The van der Waals surface area contributed by atoms with Crippen LogP contribution >= 0.6 is 0 Å². The van der Waals surface area contributed by atoms with Gasteiger partial charge in [0.2, 0.25) is 95.3 Å². The molecule has 0 aliphatic heterocycles. The van der Waals surface area contributed by atoms with E-state index >= 15 is 0 Å². The van der Waals surface area contributed by atoms with Crippen LogP contribution in [0.1, 0.15) is 399 Å². The molecule has 14 rings (SSSR count). The van der Waals surface area contributed by atoms with Crippen molar-refractivity contribution < 1.29 is 66.8 Å². The molecule has 1 aromatic carbocycles. The van der Waals surface area contributed by atoms with Crippen molar-refractivity contribution in [1.29, 1.82) is 0 Å². The highest BCUT2D eigenvalue weighted by atomic mass is 19.4. The molecular formula is C103H170F3N25O12. The lowest BCUT2D eigenvalue weighted by molar-refractivity contribution is -0.157. The molecule has 12 aromatic heterocycles. The predicted molar refractivity (Wildman–Crippen MR) is 539 cm³/mol. The van der Waals surface area contributed by atoms with Crippen molar-refractivity contribution in [2.24, 2.45) is 65.0 Å². The number of rotatable bonds is 16. The molecule has 0 bridgehead atoms. The van der Waals surface area contributed by atoms with Gasteiger partial charge in [-0.25, -0.2) is 4.63 Å². The number of hydrogen-bond donors (Lipinski definition) is 0. The molecule has 1 aliphatic carbocycles.